The van der Waals surface area contributed by atoms with Crippen molar-refractivity contribution < 1.29 is 9.18 Å². The highest BCUT2D eigenvalue weighted by Crippen LogP contribution is 2.12. The number of primary amides is 1. The summed E-state index contributed by atoms with van der Waals surface area (Å²) in [5.41, 5.74) is 5.78. The summed E-state index contributed by atoms with van der Waals surface area (Å²) in [4.78, 5) is 10.8. The lowest BCUT2D eigenvalue weighted by Gasteiger charge is -2.03. The number of carbonyl (C=O) groups excluding carboxylic acids is 1. The molecule has 0 saturated carbocycles. The summed E-state index contributed by atoms with van der Waals surface area (Å²) >= 11 is 0. The molecule has 1 aromatic rings. The summed E-state index contributed by atoms with van der Waals surface area (Å²) < 4.78 is 13.4. The van der Waals surface area contributed by atoms with Crippen LogP contribution in [0.4, 0.5) is 4.39 Å². The zero-order valence-corrected chi connectivity index (χ0v) is 8.29. The van der Waals surface area contributed by atoms with E-state index in [0.29, 0.717) is 18.4 Å². The molecule has 0 unspecified atom stereocenters. The first-order valence-corrected chi connectivity index (χ1v) is 4.67. The van der Waals surface area contributed by atoms with E-state index in [9.17, 15) is 9.18 Å². The van der Waals surface area contributed by atoms with Gasteiger partial charge in [0.05, 0.1) is 0 Å². The quantitative estimate of drug-likeness (QED) is 0.592. The maximum absolute atomic E-state index is 13.4. The van der Waals surface area contributed by atoms with E-state index < -0.39 is 11.7 Å². The SMILES string of the molecule is C#CCCCc1ccc(C(N)=O)cc1F. The standard InChI is InChI=1S/C12H12FNO/c1-2-3-4-5-9-6-7-10(12(14)15)8-11(9)13/h1,6-8H,3-5H2,(H2,14,15). The van der Waals surface area contributed by atoms with Crippen LogP contribution in [0.3, 0.4) is 0 Å². The van der Waals surface area contributed by atoms with Gasteiger partial charge in [0.15, 0.2) is 0 Å². The Balaban J connectivity index is 2.76. The van der Waals surface area contributed by atoms with Crippen LogP contribution in [0.2, 0.25) is 0 Å². The molecule has 1 aromatic carbocycles. The number of nitrogens with two attached hydrogens (primary N) is 1. The Morgan fingerprint density at radius 2 is 2.27 bits per heavy atom. The van der Waals surface area contributed by atoms with Gasteiger partial charge in [-0.2, -0.15) is 0 Å². The second kappa shape index (κ2) is 5.16. The van der Waals surface area contributed by atoms with E-state index in [-0.39, 0.29) is 5.56 Å². The Morgan fingerprint density at radius 3 is 2.80 bits per heavy atom. The second-order valence-electron chi connectivity index (χ2n) is 3.23. The number of amides is 1. The molecule has 0 spiro atoms. The number of hydrogen-bond donors (Lipinski definition) is 1. The Bertz CT molecular complexity index is 407. The third-order valence-electron chi connectivity index (χ3n) is 2.10. The van der Waals surface area contributed by atoms with Gasteiger partial charge in [0.1, 0.15) is 5.82 Å². The van der Waals surface area contributed by atoms with Crippen LogP contribution in [0.1, 0.15) is 28.8 Å². The monoisotopic (exact) mass is 205 g/mol. The van der Waals surface area contributed by atoms with Crippen molar-refractivity contribution in [1.29, 1.82) is 0 Å². The number of aryl methyl sites for hydroxylation is 1. The molecule has 0 bridgehead atoms. The van der Waals surface area contributed by atoms with Gasteiger partial charge < -0.3 is 5.73 Å². The third-order valence-corrected chi connectivity index (χ3v) is 2.10. The number of terminal acetylenes is 1. The molecule has 0 aliphatic rings. The van der Waals surface area contributed by atoms with E-state index in [1.807, 2.05) is 0 Å². The maximum Gasteiger partial charge on any atom is 0.248 e. The van der Waals surface area contributed by atoms with Crippen LogP contribution in [0.5, 0.6) is 0 Å². The fourth-order valence-electron chi connectivity index (χ4n) is 1.28. The molecule has 0 heterocycles. The fraction of sp³-hybridized carbons (Fsp3) is 0.250. The van der Waals surface area contributed by atoms with Crippen LogP contribution >= 0.6 is 0 Å². The van der Waals surface area contributed by atoms with Crippen molar-refractivity contribution in [2.24, 2.45) is 5.73 Å². The van der Waals surface area contributed by atoms with Crippen LogP contribution in [0, 0.1) is 18.2 Å². The predicted octanol–water partition coefficient (Wildman–Crippen LogP) is 1.88. The van der Waals surface area contributed by atoms with Gasteiger partial charge in [-0.15, -0.1) is 12.3 Å². The van der Waals surface area contributed by atoms with Gasteiger partial charge >= 0.3 is 0 Å². The van der Waals surface area contributed by atoms with Crippen molar-refractivity contribution in [3.63, 3.8) is 0 Å². The Kier molecular flexibility index (Phi) is 3.87. The number of rotatable bonds is 4. The van der Waals surface area contributed by atoms with Gasteiger partial charge in [0.2, 0.25) is 5.91 Å². The van der Waals surface area contributed by atoms with Crippen LogP contribution in [0.25, 0.3) is 0 Å². The summed E-state index contributed by atoms with van der Waals surface area (Å²) in [7, 11) is 0. The van der Waals surface area contributed by atoms with Gasteiger partial charge in [-0.3, -0.25) is 4.79 Å². The molecule has 1 amide bonds. The number of carbonyl (C=O) groups is 1. The lowest BCUT2D eigenvalue weighted by atomic mass is 10.1. The second-order valence-corrected chi connectivity index (χ2v) is 3.23. The Hall–Kier alpha value is -1.82. The highest BCUT2D eigenvalue weighted by molar-refractivity contribution is 5.92. The van der Waals surface area contributed by atoms with Gasteiger partial charge in [-0.05, 0) is 30.5 Å². The molecule has 0 atom stereocenters. The number of halogens is 1. The zero-order valence-electron chi connectivity index (χ0n) is 8.29. The number of unbranched alkanes of at least 4 members (excludes halogenated alkanes) is 1. The largest absolute Gasteiger partial charge is 0.366 e. The molecule has 2 N–H and O–H groups in total. The Labute approximate surface area is 88.3 Å². The first kappa shape index (κ1) is 11.3. The summed E-state index contributed by atoms with van der Waals surface area (Å²) in [6, 6.07) is 4.26. The van der Waals surface area contributed by atoms with Crippen molar-refractivity contribution in [3.05, 3.63) is 35.1 Å². The van der Waals surface area contributed by atoms with Crippen molar-refractivity contribution in [2.45, 2.75) is 19.3 Å². The van der Waals surface area contributed by atoms with Crippen molar-refractivity contribution in [2.75, 3.05) is 0 Å². The van der Waals surface area contributed by atoms with Gasteiger partial charge in [0.25, 0.3) is 0 Å². The topological polar surface area (TPSA) is 43.1 Å². The molecule has 2 nitrogen and oxygen atoms in total. The first-order valence-electron chi connectivity index (χ1n) is 4.67. The Morgan fingerprint density at radius 1 is 1.53 bits per heavy atom. The minimum Gasteiger partial charge on any atom is -0.366 e. The molecule has 0 aliphatic heterocycles. The van der Waals surface area contributed by atoms with Crippen molar-refractivity contribution >= 4 is 5.91 Å². The summed E-state index contributed by atoms with van der Waals surface area (Å²) in [6.45, 7) is 0. The van der Waals surface area contributed by atoms with Gasteiger partial charge in [-0.1, -0.05) is 6.07 Å². The van der Waals surface area contributed by atoms with Crippen LogP contribution in [-0.4, -0.2) is 5.91 Å². The van der Waals surface area contributed by atoms with E-state index in [2.05, 4.69) is 5.92 Å². The molecule has 0 radical (unpaired) electrons. The summed E-state index contributed by atoms with van der Waals surface area (Å²) in [5.74, 6) is 1.47. The van der Waals surface area contributed by atoms with Crippen molar-refractivity contribution in [1.82, 2.24) is 0 Å². The molecule has 0 aromatic heterocycles. The number of hydrogen-bond acceptors (Lipinski definition) is 1. The maximum atomic E-state index is 13.4. The molecule has 3 heteroatoms. The smallest absolute Gasteiger partial charge is 0.248 e. The molecule has 15 heavy (non-hydrogen) atoms. The molecular weight excluding hydrogens is 193 g/mol. The first-order chi connectivity index (χ1) is 7.15. The lowest BCUT2D eigenvalue weighted by molar-refractivity contribution is 0.1000. The van der Waals surface area contributed by atoms with Crippen molar-refractivity contribution in [3.8, 4) is 12.3 Å². The summed E-state index contributed by atoms with van der Waals surface area (Å²) in [5, 5.41) is 0. The van der Waals surface area contributed by atoms with E-state index in [4.69, 9.17) is 12.2 Å². The average molecular weight is 205 g/mol. The summed E-state index contributed by atoms with van der Waals surface area (Å²) in [6.07, 6.45) is 7.03. The highest BCUT2D eigenvalue weighted by atomic mass is 19.1. The third kappa shape index (κ3) is 3.10. The van der Waals surface area contributed by atoms with Crippen LogP contribution in [0.15, 0.2) is 18.2 Å². The predicted molar refractivity (Wildman–Crippen MR) is 56.7 cm³/mol. The molecule has 78 valence electrons. The van der Waals surface area contributed by atoms with E-state index in [1.165, 1.54) is 6.07 Å². The fourth-order valence-corrected chi connectivity index (χ4v) is 1.28. The molecule has 0 saturated heterocycles. The molecule has 1 rings (SSSR count). The van der Waals surface area contributed by atoms with Crippen LogP contribution in [-0.2, 0) is 6.42 Å². The van der Waals surface area contributed by atoms with E-state index in [1.54, 1.807) is 6.07 Å². The highest BCUT2D eigenvalue weighted by Gasteiger charge is 2.06. The minimum absolute atomic E-state index is 0.188. The van der Waals surface area contributed by atoms with Gasteiger partial charge in [-0.25, -0.2) is 4.39 Å². The van der Waals surface area contributed by atoms with Gasteiger partial charge in [0, 0.05) is 12.0 Å². The van der Waals surface area contributed by atoms with E-state index in [0.717, 1.165) is 12.5 Å². The molecule has 0 aliphatic carbocycles. The number of benzene rings is 1. The van der Waals surface area contributed by atoms with E-state index >= 15 is 0 Å². The normalized spacial score (nSPS) is 9.60. The lowest BCUT2D eigenvalue weighted by Crippen LogP contribution is -2.11. The molecule has 0 fully saturated rings. The average Bonchev–Trinajstić information content (AvgIpc) is 2.20. The minimum atomic E-state index is -0.621. The van der Waals surface area contributed by atoms with Crippen LogP contribution < -0.4 is 5.73 Å². The zero-order chi connectivity index (χ0) is 11.3. The molecular formula is C12H12FNO.